The maximum atomic E-state index is 11.7. The van der Waals surface area contributed by atoms with Crippen LogP contribution in [0.4, 0.5) is 5.69 Å². The molecule has 3 aliphatic rings. The summed E-state index contributed by atoms with van der Waals surface area (Å²) in [6.45, 7) is 2.16. The highest BCUT2D eigenvalue weighted by Gasteiger charge is 2.43. The van der Waals surface area contributed by atoms with Crippen LogP contribution in [0.5, 0.6) is 6.01 Å². The number of nitrogens with one attached hydrogen (secondary N) is 1. The Kier molecular flexibility index (Phi) is 5.21. The van der Waals surface area contributed by atoms with Crippen LogP contribution in [0, 0.1) is 0 Å². The number of pyridine rings is 1. The summed E-state index contributed by atoms with van der Waals surface area (Å²) >= 11 is 6.54. The van der Waals surface area contributed by atoms with Gasteiger partial charge in [-0.2, -0.15) is 4.98 Å². The average Bonchev–Trinajstić information content (AvgIpc) is 3.50. The lowest BCUT2D eigenvalue weighted by Crippen LogP contribution is -2.40. The molecule has 5 heterocycles. The molecule has 11 heteroatoms. The molecule has 9 nitrogen and oxygen atoms in total. The van der Waals surface area contributed by atoms with E-state index < -0.39 is 9.84 Å². The van der Waals surface area contributed by atoms with Crippen LogP contribution in [0.3, 0.4) is 0 Å². The molecule has 3 saturated heterocycles. The molecule has 3 fully saturated rings. The summed E-state index contributed by atoms with van der Waals surface area (Å²) in [5.74, 6) is 0.367. The molecule has 0 saturated carbocycles. The second-order valence-electron chi connectivity index (χ2n) is 8.57. The van der Waals surface area contributed by atoms with Gasteiger partial charge in [0.15, 0.2) is 21.6 Å². The fourth-order valence-electron chi connectivity index (χ4n) is 4.63. The van der Waals surface area contributed by atoms with E-state index in [-0.39, 0.29) is 29.8 Å². The molecule has 0 amide bonds. The van der Waals surface area contributed by atoms with Crippen LogP contribution in [0.2, 0.25) is 5.02 Å². The molecule has 2 aromatic heterocycles. The highest BCUT2D eigenvalue weighted by atomic mass is 35.5. The molecule has 33 heavy (non-hydrogen) atoms. The van der Waals surface area contributed by atoms with Gasteiger partial charge in [0.05, 0.1) is 40.4 Å². The summed E-state index contributed by atoms with van der Waals surface area (Å²) < 4.78 is 40.8. The van der Waals surface area contributed by atoms with E-state index in [1.807, 2.05) is 24.3 Å². The van der Waals surface area contributed by atoms with Crippen molar-refractivity contribution in [1.82, 2.24) is 15.0 Å². The van der Waals surface area contributed by atoms with E-state index in [1.165, 1.54) is 0 Å². The van der Waals surface area contributed by atoms with E-state index in [9.17, 15) is 8.42 Å². The van der Waals surface area contributed by atoms with Gasteiger partial charge in [0.25, 0.3) is 6.01 Å². The zero-order valence-electron chi connectivity index (χ0n) is 17.7. The molecule has 6 rings (SSSR count). The molecule has 174 valence electrons. The lowest BCUT2D eigenvalue weighted by Gasteiger charge is -2.28. The Morgan fingerprint density at radius 2 is 1.91 bits per heavy atom. The van der Waals surface area contributed by atoms with Crippen LogP contribution >= 0.6 is 11.6 Å². The smallest absolute Gasteiger partial charge is 0.296 e. The number of hydrogen-bond donors (Lipinski definition) is 1. The Balaban J connectivity index is 1.22. The van der Waals surface area contributed by atoms with Crippen molar-refractivity contribution in [3.63, 3.8) is 0 Å². The Hall–Kier alpha value is -2.40. The SMILES string of the molecule is O=S1(=O)CCN(c2ccc(-c3nc4nc(OC5CO[C@@H]6CCO[C@H]56)[nH]c4cc3Cl)cc2)CC1. The molecule has 0 bridgehead atoms. The van der Waals surface area contributed by atoms with E-state index in [0.717, 1.165) is 17.7 Å². The number of fused-ring (bicyclic) bond motifs is 2. The van der Waals surface area contributed by atoms with Crippen molar-refractivity contribution < 1.29 is 22.6 Å². The topological polar surface area (TPSA) is 107 Å². The van der Waals surface area contributed by atoms with E-state index in [1.54, 1.807) is 6.07 Å². The van der Waals surface area contributed by atoms with Gasteiger partial charge in [-0.25, -0.2) is 13.4 Å². The summed E-state index contributed by atoms with van der Waals surface area (Å²) in [5.41, 5.74) is 3.66. The van der Waals surface area contributed by atoms with Gasteiger partial charge in [0, 0.05) is 30.9 Å². The van der Waals surface area contributed by atoms with Crippen molar-refractivity contribution in [2.75, 3.05) is 42.7 Å². The second kappa shape index (κ2) is 8.12. The first kappa shape index (κ1) is 21.2. The third kappa shape index (κ3) is 4.05. The Labute approximate surface area is 195 Å². The number of benzene rings is 1. The number of nitrogens with zero attached hydrogens (tertiary/aromatic N) is 3. The van der Waals surface area contributed by atoms with Gasteiger partial charge in [-0.15, -0.1) is 0 Å². The van der Waals surface area contributed by atoms with Crippen LogP contribution < -0.4 is 9.64 Å². The van der Waals surface area contributed by atoms with Gasteiger partial charge in [0.1, 0.15) is 6.10 Å². The lowest BCUT2D eigenvalue weighted by molar-refractivity contribution is 0.0273. The van der Waals surface area contributed by atoms with E-state index in [4.69, 9.17) is 25.8 Å². The first-order chi connectivity index (χ1) is 15.9. The first-order valence-corrected chi connectivity index (χ1v) is 13.2. The third-order valence-corrected chi connectivity index (χ3v) is 8.34. The van der Waals surface area contributed by atoms with E-state index in [2.05, 4.69) is 19.9 Å². The van der Waals surface area contributed by atoms with Crippen molar-refractivity contribution in [3.8, 4) is 17.3 Å². The summed E-state index contributed by atoms with van der Waals surface area (Å²) in [6.07, 6.45) is 0.714. The van der Waals surface area contributed by atoms with Crippen LogP contribution in [0.25, 0.3) is 22.4 Å². The van der Waals surface area contributed by atoms with Crippen LogP contribution in [0.1, 0.15) is 6.42 Å². The van der Waals surface area contributed by atoms with Crippen molar-refractivity contribution in [2.24, 2.45) is 0 Å². The third-order valence-electron chi connectivity index (χ3n) is 6.44. The second-order valence-corrected chi connectivity index (χ2v) is 11.3. The van der Waals surface area contributed by atoms with Gasteiger partial charge in [-0.1, -0.05) is 23.7 Å². The number of halogens is 1. The molecule has 0 spiro atoms. The molecule has 3 aromatic rings. The van der Waals surface area contributed by atoms with E-state index in [0.29, 0.717) is 54.2 Å². The minimum Gasteiger partial charge on any atom is -0.456 e. The molecule has 1 N–H and O–H groups in total. The molecular weight excluding hydrogens is 468 g/mol. The zero-order chi connectivity index (χ0) is 22.6. The predicted molar refractivity (Wildman–Crippen MR) is 124 cm³/mol. The van der Waals surface area contributed by atoms with Crippen molar-refractivity contribution in [2.45, 2.75) is 24.7 Å². The van der Waals surface area contributed by atoms with Crippen molar-refractivity contribution in [1.29, 1.82) is 0 Å². The Bertz CT molecular complexity index is 1280. The van der Waals surface area contributed by atoms with Gasteiger partial charge < -0.3 is 24.1 Å². The summed E-state index contributed by atoms with van der Waals surface area (Å²) in [7, 11) is -2.91. The molecule has 0 radical (unpaired) electrons. The zero-order valence-corrected chi connectivity index (χ0v) is 19.3. The monoisotopic (exact) mass is 490 g/mol. The normalized spacial score (nSPS) is 26.6. The number of imidazole rings is 1. The highest BCUT2D eigenvalue weighted by Crippen LogP contribution is 2.32. The number of hydrogen-bond acceptors (Lipinski definition) is 8. The molecule has 1 unspecified atom stereocenters. The maximum Gasteiger partial charge on any atom is 0.296 e. The van der Waals surface area contributed by atoms with Gasteiger partial charge in [0.2, 0.25) is 0 Å². The highest BCUT2D eigenvalue weighted by molar-refractivity contribution is 7.91. The number of aromatic nitrogens is 3. The van der Waals surface area contributed by atoms with Crippen molar-refractivity contribution in [3.05, 3.63) is 35.4 Å². The molecule has 1 aromatic carbocycles. The van der Waals surface area contributed by atoms with Crippen molar-refractivity contribution >= 4 is 38.3 Å². The Morgan fingerprint density at radius 1 is 1.12 bits per heavy atom. The maximum absolute atomic E-state index is 11.7. The molecule has 3 atom stereocenters. The summed E-state index contributed by atoms with van der Waals surface area (Å²) in [6, 6.07) is 9.97. The van der Waals surface area contributed by atoms with E-state index >= 15 is 0 Å². The largest absolute Gasteiger partial charge is 0.456 e. The van der Waals surface area contributed by atoms with Crippen LogP contribution in [-0.4, -0.2) is 79.5 Å². The number of H-pyrrole nitrogens is 1. The minimum absolute atomic E-state index is 0.0659. The fraction of sp³-hybridized carbons (Fsp3) is 0.455. The Morgan fingerprint density at radius 3 is 2.70 bits per heavy atom. The number of anilines is 1. The lowest BCUT2D eigenvalue weighted by atomic mass is 10.1. The molecular formula is C22H23ClN4O5S. The first-order valence-electron chi connectivity index (χ1n) is 11.0. The standard InChI is InChI=1S/C22H23ClN4O5S/c23-15-11-16-21(26-22(24-16)32-18-12-31-17-5-8-30-20(17)18)25-19(15)13-1-3-14(4-2-13)27-6-9-33(28,29)10-7-27/h1-4,11,17-18,20H,5-10,12H2,(H,24,25,26)/t17-,18?,20+/m1/s1. The van der Waals surface area contributed by atoms with Gasteiger partial charge in [-0.05, 0) is 24.6 Å². The summed E-state index contributed by atoms with van der Waals surface area (Å²) in [4.78, 5) is 14.4. The molecule has 0 aliphatic carbocycles. The van der Waals surface area contributed by atoms with Gasteiger partial charge in [-0.3, -0.25) is 0 Å². The number of ether oxygens (including phenoxy) is 3. The van der Waals surface area contributed by atoms with Gasteiger partial charge >= 0.3 is 0 Å². The van der Waals surface area contributed by atoms with Crippen LogP contribution in [-0.2, 0) is 19.3 Å². The molecule has 3 aliphatic heterocycles. The number of rotatable bonds is 4. The number of aromatic amines is 1. The quantitative estimate of drug-likeness (QED) is 0.594. The minimum atomic E-state index is -2.91. The van der Waals surface area contributed by atoms with Crippen LogP contribution in [0.15, 0.2) is 30.3 Å². The predicted octanol–water partition coefficient (Wildman–Crippen LogP) is 2.45. The fourth-order valence-corrected chi connectivity index (χ4v) is 6.09. The summed E-state index contributed by atoms with van der Waals surface area (Å²) in [5, 5.41) is 0.498. The number of sulfone groups is 1. The average molecular weight is 491 g/mol.